The number of carbonyl (C=O) groups excluding carboxylic acids is 2. The Hall–Kier alpha value is -2.50. The van der Waals surface area contributed by atoms with Crippen LogP contribution in [0.5, 0.6) is 0 Å². The van der Waals surface area contributed by atoms with Gasteiger partial charge in [-0.05, 0) is 21.5 Å². The molecule has 0 radical (unpaired) electrons. The molecule has 24 heavy (non-hydrogen) atoms. The number of rotatable bonds is 2. The third kappa shape index (κ3) is 2.62. The highest BCUT2D eigenvalue weighted by atomic mass is 16.2. The summed E-state index contributed by atoms with van der Waals surface area (Å²) in [5.41, 5.74) is 2.48. The average molecular weight is 327 g/mol. The van der Waals surface area contributed by atoms with Crippen LogP contribution in [0.1, 0.15) is 31.9 Å². The maximum atomic E-state index is 12.5. The number of aliphatic imine (C=N–C) groups is 1. The Kier molecular flexibility index (Phi) is 3.78. The van der Waals surface area contributed by atoms with Crippen LogP contribution >= 0.6 is 0 Å². The second kappa shape index (κ2) is 5.54. The van der Waals surface area contributed by atoms with Gasteiger partial charge in [0.25, 0.3) is 24.1 Å². The van der Waals surface area contributed by atoms with E-state index in [-0.39, 0.29) is 17.4 Å². The van der Waals surface area contributed by atoms with E-state index in [0.29, 0.717) is 12.4 Å². The summed E-state index contributed by atoms with van der Waals surface area (Å²) >= 11 is 0. The van der Waals surface area contributed by atoms with E-state index in [4.69, 9.17) is 0 Å². The average Bonchev–Trinajstić information content (AvgIpc) is 2.94. The first-order valence-electron chi connectivity index (χ1n) is 8.01. The number of nitrogens with zero attached hydrogens (tertiary/aromatic N) is 4. The second-order valence-corrected chi connectivity index (χ2v) is 7.36. The van der Waals surface area contributed by atoms with Crippen molar-refractivity contribution in [3.63, 3.8) is 0 Å². The summed E-state index contributed by atoms with van der Waals surface area (Å²) in [7, 11) is 3.15. The summed E-state index contributed by atoms with van der Waals surface area (Å²) in [6, 6.07) is 7.53. The molecular formula is C18H23N4O2+. The fourth-order valence-electron chi connectivity index (χ4n) is 2.99. The largest absolute Gasteiger partial charge is 0.333 e. The number of fused-ring (bicyclic) bond motifs is 1. The second-order valence-electron chi connectivity index (χ2n) is 7.36. The van der Waals surface area contributed by atoms with E-state index in [1.54, 1.807) is 13.4 Å². The van der Waals surface area contributed by atoms with Crippen LogP contribution in [0.2, 0.25) is 0 Å². The van der Waals surface area contributed by atoms with Crippen LogP contribution in [0, 0.1) is 0 Å². The number of likely N-dealkylation sites (N-methyl/N-ethyl adjacent to an activating group) is 2. The number of amidine groups is 1. The summed E-state index contributed by atoms with van der Waals surface area (Å²) in [5, 5.41) is 0. The Labute approximate surface area is 142 Å². The highest BCUT2D eigenvalue weighted by molar-refractivity contribution is 6.21. The number of benzene rings is 1. The van der Waals surface area contributed by atoms with Crippen LogP contribution in [0.15, 0.2) is 29.3 Å². The Morgan fingerprint density at radius 3 is 2.29 bits per heavy atom. The number of hydrogen-bond acceptors (Lipinski definition) is 3. The Bertz CT molecular complexity index is 756. The SMILES string of the molecule is CN1C(=O)C2C(=NC=[N+]2Cc2ccc(C(C)(C)C)cc2)N(C)C1=O. The molecule has 0 saturated carbocycles. The lowest BCUT2D eigenvalue weighted by molar-refractivity contribution is -0.546. The fraction of sp³-hybridized carbons (Fsp3) is 0.444. The van der Waals surface area contributed by atoms with Crippen molar-refractivity contribution in [1.29, 1.82) is 0 Å². The van der Waals surface area contributed by atoms with Gasteiger partial charge < -0.3 is 0 Å². The van der Waals surface area contributed by atoms with Crippen LogP contribution in [-0.2, 0) is 16.8 Å². The molecule has 3 rings (SSSR count). The summed E-state index contributed by atoms with van der Waals surface area (Å²) in [6.45, 7) is 7.11. The van der Waals surface area contributed by atoms with Crippen molar-refractivity contribution in [3.05, 3.63) is 35.4 Å². The van der Waals surface area contributed by atoms with Gasteiger partial charge in [0, 0.05) is 14.1 Å². The normalized spacial score (nSPS) is 21.0. The monoisotopic (exact) mass is 327 g/mol. The molecular weight excluding hydrogens is 304 g/mol. The molecule has 2 aliphatic heterocycles. The van der Waals surface area contributed by atoms with E-state index in [2.05, 4.69) is 50.0 Å². The Morgan fingerprint density at radius 1 is 1.08 bits per heavy atom. The zero-order valence-electron chi connectivity index (χ0n) is 14.8. The van der Waals surface area contributed by atoms with Gasteiger partial charge in [-0.25, -0.2) is 9.37 Å². The first-order chi connectivity index (χ1) is 11.2. The molecule has 0 N–H and O–H groups in total. The highest BCUT2D eigenvalue weighted by Crippen LogP contribution is 2.23. The van der Waals surface area contributed by atoms with Gasteiger partial charge in [0.05, 0.1) is 0 Å². The van der Waals surface area contributed by atoms with Gasteiger partial charge in [-0.3, -0.25) is 14.6 Å². The molecule has 0 aromatic heterocycles. The van der Waals surface area contributed by atoms with Crippen LogP contribution in [0.25, 0.3) is 0 Å². The predicted octanol–water partition coefficient (Wildman–Crippen LogP) is 1.83. The Balaban J connectivity index is 1.80. The van der Waals surface area contributed by atoms with E-state index < -0.39 is 6.04 Å². The fourth-order valence-corrected chi connectivity index (χ4v) is 2.99. The maximum Gasteiger partial charge on any atom is 0.333 e. The molecule has 1 unspecified atom stereocenters. The molecule has 2 aliphatic rings. The third-order valence-electron chi connectivity index (χ3n) is 4.58. The quantitative estimate of drug-likeness (QED) is 0.778. The lowest BCUT2D eigenvalue weighted by Gasteiger charge is -2.30. The van der Waals surface area contributed by atoms with Gasteiger partial charge in [0.2, 0.25) is 0 Å². The molecule has 1 aromatic rings. The minimum atomic E-state index is -0.528. The molecule has 1 saturated heterocycles. The number of hydrogen-bond donors (Lipinski definition) is 0. The summed E-state index contributed by atoms with van der Waals surface area (Å²) in [6.07, 6.45) is 1.65. The summed E-state index contributed by atoms with van der Waals surface area (Å²) in [4.78, 5) is 31.3. The first-order valence-corrected chi connectivity index (χ1v) is 8.01. The minimum Gasteiger partial charge on any atom is -0.269 e. The molecule has 0 aliphatic carbocycles. The van der Waals surface area contributed by atoms with Crippen molar-refractivity contribution in [1.82, 2.24) is 9.80 Å². The van der Waals surface area contributed by atoms with Gasteiger partial charge in [-0.2, -0.15) is 0 Å². The summed E-state index contributed by atoms with van der Waals surface area (Å²) in [5.74, 6) is 0.256. The van der Waals surface area contributed by atoms with E-state index >= 15 is 0 Å². The van der Waals surface area contributed by atoms with Crippen molar-refractivity contribution >= 4 is 24.1 Å². The van der Waals surface area contributed by atoms with Gasteiger partial charge >= 0.3 is 6.03 Å². The van der Waals surface area contributed by atoms with Crippen LogP contribution in [-0.4, -0.2) is 58.6 Å². The third-order valence-corrected chi connectivity index (χ3v) is 4.58. The molecule has 126 valence electrons. The molecule has 1 atom stereocenters. The van der Waals surface area contributed by atoms with Crippen LogP contribution in [0.3, 0.4) is 0 Å². The molecule has 6 nitrogen and oxygen atoms in total. The molecule has 0 bridgehead atoms. The molecule has 1 aromatic carbocycles. The Morgan fingerprint density at radius 2 is 1.71 bits per heavy atom. The molecule has 3 amide bonds. The van der Waals surface area contributed by atoms with Gasteiger partial charge in [0.15, 0.2) is 0 Å². The zero-order chi connectivity index (χ0) is 17.6. The van der Waals surface area contributed by atoms with E-state index in [9.17, 15) is 9.59 Å². The number of amides is 3. The minimum absolute atomic E-state index is 0.111. The topological polar surface area (TPSA) is 56.0 Å². The number of urea groups is 1. The highest BCUT2D eigenvalue weighted by Gasteiger charge is 2.50. The molecule has 2 heterocycles. The van der Waals surface area contributed by atoms with Crippen LogP contribution < -0.4 is 0 Å². The van der Waals surface area contributed by atoms with Crippen LogP contribution in [0.4, 0.5) is 4.79 Å². The maximum absolute atomic E-state index is 12.5. The zero-order valence-corrected chi connectivity index (χ0v) is 14.8. The standard InChI is InChI=1S/C18H23N4O2/c1-18(2,3)13-8-6-12(7-9-13)10-22-11-19-15-14(22)16(23)21(5)17(24)20(15)4/h6-9,11,14H,10H2,1-5H3/q+1. The van der Waals surface area contributed by atoms with Gasteiger partial charge in [-0.15, -0.1) is 0 Å². The molecule has 0 spiro atoms. The van der Waals surface area contributed by atoms with Crippen molar-refractivity contribution in [3.8, 4) is 0 Å². The van der Waals surface area contributed by atoms with Crippen molar-refractivity contribution in [2.24, 2.45) is 4.99 Å². The molecule has 6 heteroatoms. The number of imide groups is 1. The van der Waals surface area contributed by atoms with Gasteiger partial charge in [0.1, 0.15) is 6.54 Å². The predicted molar refractivity (Wildman–Crippen MR) is 92.3 cm³/mol. The summed E-state index contributed by atoms with van der Waals surface area (Å²) < 4.78 is 1.88. The smallest absolute Gasteiger partial charge is 0.269 e. The van der Waals surface area contributed by atoms with Gasteiger partial charge in [-0.1, -0.05) is 45.0 Å². The first kappa shape index (κ1) is 16.4. The lowest BCUT2D eigenvalue weighted by Crippen LogP contribution is -2.61. The van der Waals surface area contributed by atoms with Crippen molar-refractivity contribution in [2.45, 2.75) is 38.8 Å². The number of carbonyl (C=O) groups is 2. The van der Waals surface area contributed by atoms with Crippen molar-refractivity contribution in [2.75, 3.05) is 14.1 Å². The van der Waals surface area contributed by atoms with E-state index in [1.807, 2.05) is 4.58 Å². The lowest BCUT2D eigenvalue weighted by atomic mass is 9.87. The van der Waals surface area contributed by atoms with Crippen molar-refractivity contribution < 1.29 is 14.2 Å². The molecule has 1 fully saturated rings. The van der Waals surface area contributed by atoms with E-state index in [1.165, 1.54) is 17.5 Å². The van der Waals surface area contributed by atoms with E-state index in [0.717, 1.165) is 10.5 Å².